The van der Waals surface area contributed by atoms with Gasteiger partial charge in [0.1, 0.15) is 11.5 Å². The van der Waals surface area contributed by atoms with Crippen molar-refractivity contribution in [3.05, 3.63) is 46.4 Å². The van der Waals surface area contributed by atoms with E-state index in [0.29, 0.717) is 21.5 Å². The monoisotopic (exact) mass is 282 g/mol. The van der Waals surface area contributed by atoms with Crippen molar-refractivity contribution in [3.63, 3.8) is 0 Å². The summed E-state index contributed by atoms with van der Waals surface area (Å²) in [6.45, 7) is 0. The number of rotatable bonds is 3. The quantitative estimate of drug-likeness (QED) is 0.814. The first-order valence-corrected chi connectivity index (χ1v) is 6.08. The molecule has 4 heteroatoms. The van der Waals surface area contributed by atoms with Crippen LogP contribution in [0.3, 0.4) is 0 Å². The highest BCUT2D eigenvalue weighted by molar-refractivity contribution is 6.35. The normalized spacial score (nSPS) is 10.2. The predicted octanol–water partition coefficient (Wildman–Crippen LogP) is 4.68. The van der Waals surface area contributed by atoms with Crippen LogP contribution in [0.1, 0.15) is 0 Å². The molecule has 2 nitrogen and oxygen atoms in total. The second-order valence-electron chi connectivity index (χ2n) is 3.73. The number of methoxy groups -OCH3 is 2. The van der Waals surface area contributed by atoms with Crippen molar-refractivity contribution < 1.29 is 9.47 Å². The summed E-state index contributed by atoms with van der Waals surface area (Å²) in [6, 6.07) is 10.9. The van der Waals surface area contributed by atoms with E-state index in [1.807, 2.05) is 24.3 Å². The van der Waals surface area contributed by atoms with Crippen LogP contribution in [0.15, 0.2) is 36.4 Å². The number of benzene rings is 2. The molecule has 0 saturated heterocycles. The molecule has 0 saturated carbocycles. The van der Waals surface area contributed by atoms with Crippen molar-refractivity contribution in [2.24, 2.45) is 0 Å². The summed E-state index contributed by atoms with van der Waals surface area (Å²) in [5.74, 6) is 1.42. The van der Waals surface area contributed by atoms with Gasteiger partial charge in [0.15, 0.2) is 0 Å². The average molecular weight is 283 g/mol. The van der Waals surface area contributed by atoms with Gasteiger partial charge in [0.25, 0.3) is 0 Å². The molecule has 0 aliphatic carbocycles. The maximum absolute atomic E-state index is 6.18. The number of hydrogen-bond acceptors (Lipinski definition) is 2. The summed E-state index contributed by atoms with van der Waals surface area (Å²) in [7, 11) is 3.22. The third kappa shape index (κ3) is 2.71. The van der Waals surface area contributed by atoms with E-state index in [4.69, 9.17) is 32.7 Å². The van der Waals surface area contributed by atoms with Crippen LogP contribution in [0, 0.1) is 0 Å². The van der Waals surface area contributed by atoms with Gasteiger partial charge in [0.05, 0.1) is 14.2 Å². The third-order valence-electron chi connectivity index (χ3n) is 2.59. The van der Waals surface area contributed by atoms with E-state index in [0.717, 1.165) is 11.1 Å². The average Bonchev–Trinajstić information content (AvgIpc) is 2.40. The molecule has 2 aromatic rings. The minimum atomic E-state index is 0.634. The molecule has 0 heterocycles. The highest BCUT2D eigenvalue weighted by atomic mass is 35.5. The van der Waals surface area contributed by atoms with Gasteiger partial charge in [-0.15, -0.1) is 0 Å². The molecule has 0 amide bonds. The summed E-state index contributed by atoms with van der Waals surface area (Å²) >= 11 is 12.2. The SMILES string of the molecule is COc1cc(OC)cc(-c2cc(Cl)ccc2Cl)c1. The highest BCUT2D eigenvalue weighted by Crippen LogP contribution is 2.35. The Morgan fingerprint density at radius 1 is 0.833 bits per heavy atom. The molecule has 0 aromatic heterocycles. The molecule has 2 aromatic carbocycles. The Bertz CT molecular complexity index is 545. The van der Waals surface area contributed by atoms with Gasteiger partial charge in [0, 0.05) is 21.7 Å². The summed E-state index contributed by atoms with van der Waals surface area (Å²) in [4.78, 5) is 0. The minimum Gasteiger partial charge on any atom is -0.497 e. The number of halogens is 2. The molecule has 0 fully saturated rings. The first-order chi connectivity index (χ1) is 8.63. The van der Waals surface area contributed by atoms with Crippen molar-refractivity contribution in [1.82, 2.24) is 0 Å². The molecule has 0 N–H and O–H groups in total. The van der Waals surface area contributed by atoms with Gasteiger partial charge < -0.3 is 9.47 Å². The highest BCUT2D eigenvalue weighted by Gasteiger charge is 2.08. The lowest BCUT2D eigenvalue weighted by Crippen LogP contribution is -1.89. The van der Waals surface area contributed by atoms with Crippen molar-refractivity contribution in [2.75, 3.05) is 14.2 Å². The topological polar surface area (TPSA) is 18.5 Å². The van der Waals surface area contributed by atoms with Gasteiger partial charge >= 0.3 is 0 Å². The van der Waals surface area contributed by atoms with E-state index in [1.165, 1.54) is 0 Å². The largest absolute Gasteiger partial charge is 0.497 e. The van der Waals surface area contributed by atoms with Crippen LogP contribution in [0.25, 0.3) is 11.1 Å². The van der Waals surface area contributed by atoms with E-state index < -0.39 is 0 Å². The van der Waals surface area contributed by atoms with Crippen molar-refractivity contribution in [1.29, 1.82) is 0 Å². The fourth-order valence-electron chi connectivity index (χ4n) is 1.68. The zero-order chi connectivity index (χ0) is 13.1. The fourth-order valence-corrected chi connectivity index (χ4v) is 2.08. The summed E-state index contributed by atoms with van der Waals surface area (Å²) in [5.41, 5.74) is 1.75. The second-order valence-corrected chi connectivity index (χ2v) is 4.57. The van der Waals surface area contributed by atoms with E-state index in [9.17, 15) is 0 Å². The van der Waals surface area contributed by atoms with Crippen LogP contribution in [0.5, 0.6) is 11.5 Å². The second kappa shape index (κ2) is 5.51. The van der Waals surface area contributed by atoms with E-state index in [1.54, 1.807) is 26.4 Å². The van der Waals surface area contributed by atoms with Gasteiger partial charge in [-0.05, 0) is 35.9 Å². The Morgan fingerprint density at radius 2 is 1.44 bits per heavy atom. The molecule has 0 aliphatic rings. The number of hydrogen-bond donors (Lipinski definition) is 0. The molecule has 0 radical (unpaired) electrons. The molecule has 0 spiro atoms. The molecule has 0 bridgehead atoms. The molecule has 0 atom stereocenters. The minimum absolute atomic E-state index is 0.634. The first kappa shape index (κ1) is 13.1. The Balaban J connectivity index is 2.58. The Morgan fingerprint density at radius 3 is 2.00 bits per heavy atom. The standard InChI is InChI=1S/C14H12Cl2O2/c1-17-11-5-9(6-12(8-11)18-2)13-7-10(15)3-4-14(13)16/h3-8H,1-2H3. The third-order valence-corrected chi connectivity index (χ3v) is 3.16. The zero-order valence-electron chi connectivity index (χ0n) is 10.0. The molecule has 0 unspecified atom stereocenters. The van der Waals surface area contributed by atoms with Crippen LogP contribution in [0.2, 0.25) is 10.0 Å². The van der Waals surface area contributed by atoms with Crippen LogP contribution in [-0.2, 0) is 0 Å². The molecule has 18 heavy (non-hydrogen) atoms. The van der Waals surface area contributed by atoms with E-state index in [2.05, 4.69) is 0 Å². The van der Waals surface area contributed by atoms with Crippen molar-refractivity contribution in [3.8, 4) is 22.6 Å². The van der Waals surface area contributed by atoms with E-state index in [-0.39, 0.29) is 0 Å². The van der Waals surface area contributed by atoms with Gasteiger partial charge in [-0.1, -0.05) is 23.2 Å². The Labute approximate surface area is 116 Å². The smallest absolute Gasteiger partial charge is 0.123 e. The van der Waals surface area contributed by atoms with Crippen LogP contribution < -0.4 is 9.47 Å². The van der Waals surface area contributed by atoms with Crippen LogP contribution in [-0.4, -0.2) is 14.2 Å². The summed E-state index contributed by atoms with van der Waals surface area (Å²) in [5, 5.41) is 1.27. The van der Waals surface area contributed by atoms with Crippen molar-refractivity contribution in [2.45, 2.75) is 0 Å². The van der Waals surface area contributed by atoms with Gasteiger partial charge in [0.2, 0.25) is 0 Å². The maximum atomic E-state index is 6.18. The molecular formula is C14H12Cl2O2. The lowest BCUT2D eigenvalue weighted by molar-refractivity contribution is 0.394. The molecule has 94 valence electrons. The van der Waals surface area contributed by atoms with Gasteiger partial charge in [-0.2, -0.15) is 0 Å². The van der Waals surface area contributed by atoms with Gasteiger partial charge in [-0.3, -0.25) is 0 Å². The molecule has 2 rings (SSSR count). The van der Waals surface area contributed by atoms with Crippen LogP contribution in [0.4, 0.5) is 0 Å². The lowest BCUT2D eigenvalue weighted by Gasteiger charge is -2.10. The zero-order valence-corrected chi connectivity index (χ0v) is 11.5. The van der Waals surface area contributed by atoms with E-state index >= 15 is 0 Å². The Hall–Kier alpha value is -1.38. The summed E-state index contributed by atoms with van der Waals surface area (Å²) in [6.07, 6.45) is 0. The lowest BCUT2D eigenvalue weighted by atomic mass is 10.0. The number of ether oxygens (including phenoxy) is 2. The molecular weight excluding hydrogens is 271 g/mol. The van der Waals surface area contributed by atoms with Crippen molar-refractivity contribution >= 4 is 23.2 Å². The fraction of sp³-hybridized carbons (Fsp3) is 0.143. The summed E-state index contributed by atoms with van der Waals surface area (Å²) < 4.78 is 10.5. The van der Waals surface area contributed by atoms with Crippen LogP contribution >= 0.6 is 23.2 Å². The maximum Gasteiger partial charge on any atom is 0.123 e. The molecule has 0 aliphatic heterocycles. The van der Waals surface area contributed by atoms with Gasteiger partial charge in [-0.25, -0.2) is 0 Å². The Kier molecular flexibility index (Phi) is 4.00. The predicted molar refractivity (Wildman–Crippen MR) is 75.0 cm³/mol. The first-order valence-electron chi connectivity index (χ1n) is 5.32.